The second-order valence-electron chi connectivity index (χ2n) is 2.78. The summed E-state index contributed by atoms with van der Waals surface area (Å²) in [6.45, 7) is 3.97. The lowest BCUT2D eigenvalue weighted by atomic mass is 10.3. The summed E-state index contributed by atoms with van der Waals surface area (Å²) in [4.78, 5) is 0. The minimum atomic E-state index is 0.472. The Morgan fingerprint density at radius 2 is 2.25 bits per heavy atom. The molecule has 0 saturated heterocycles. The van der Waals surface area contributed by atoms with Crippen molar-refractivity contribution in [1.82, 2.24) is 5.32 Å². The van der Waals surface area contributed by atoms with Crippen LogP contribution >= 0.6 is 0 Å². The van der Waals surface area contributed by atoms with Crippen molar-refractivity contribution in [2.45, 2.75) is 25.3 Å². The van der Waals surface area contributed by atoms with Crippen molar-refractivity contribution in [1.29, 1.82) is 0 Å². The minimum absolute atomic E-state index is 0.472. The Morgan fingerprint density at radius 3 is 2.62 bits per heavy atom. The molecule has 0 radical (unpaired) electrons. The van der Waals surface area contributed by atoms with Gasteiger partial charge in [-0.05, 0) is 19.8 Å². The average Bonchev–Trinajstić information content (AvgIpc) is 2.45. The third-order valence-electron chi connectivity index (χ3n) is 1.70. The molecular formula is C6H14N2. The van der Waals surface area contributed by atoms with Crippen molar-refractivity contribution in [2.24, 2.45) is 5.73 Å². The topological polar surface area (TPSA) is 38.0 Å². The fourth-order valence-corrected chi connectivity index (χ4v) is 0.738. The van der Waals surface area contributed by atoms with Crippen LogP contribution in [0.25, 0.3) is 0 Å². The maximum atomic E-state index is 5.30. The molecule has 1 saturated carbocycles. The van der Waals surface area contributed by atoms with Gasteiger partial charge in [-0.3, -0.25) is 0 Å². The minimum Gasteiger partial charge on any atom is -0.329 e. The van der Waals surface area contributed by atoms with Gasteiger partial charge in [0.25, 0.3) is 0 Å². The first-order valence-corrected chi connectivity index (χ1v) is 3.22. The Labute approximate surface area is 50.4 Å². The summed E-state index contributed by atoms with van der Waals surface area (Å²) >= 11 is 0. The van der Waals surface area contributed by atoms with Gasteiger partial charge in [0.2, 0.25) is 0 Å². The van der Waals surface area contributed by atoms with Crippen molar-refractivity contribution in [3.63, 3.8) is 0 Å². The van der Waals surface area contributed by atoms with E-state index in [1.54, 1.807) is 0 Å². The van der Waals surface area contributed by atoms with Crippen LogP contribution in [0.15, 0.2) is 0 Å². The quantitative estimate of drug-likeness (QED) is 0.545. The molecule has 2 heteroatoms. The van der Waals surface area contributed by atoms with Crippen molar-refractivity contribution in [3.05, 3.63) is 0 Å². The number of hydrogen-bond donors (Lipinski definition) is 2. The molecular weight excluding hydrogens is 100 g/mol. The Balaban J connectivity index is 2.01. The van der Waals surface area contributed by atoms with Gasteiger partial charge in [-0.15, -0.1) is 0 Å². The van der Waals surface area contributed by atoms with E-state index < -0.39 is 0 Å². The lowest BCUT2D eigenvalue weighted by Gasteiger charge is -2.07. The van der Waals surface area contributed by atoms with Gasteiger partial charge in [0, 0.05) is 18.6 Å². The first-order chi connectivity index (χ1) is 3.77. The van der Waals surface area contributed by atoms with Crippen molar-refractivity contribution in [3.8, 4) is 0 Å². The summed E-state index contributed by atoms with van der Waals surface area (Å²) in [6.07, 6.45) is 2.65. The first-order valence-electron chi connectivity index (χ1n) is 3.22. The van der Waals surface area contributed by atoms with Gasteiger partial charge >= 0.3 is 0 Å². The molecule has 0 atom stereocenters. The number of rotatable bonds is 3. The maximum absolute atomic E-state index is 5.30. The Kier molecular flexibility index (Phi) is 1.54. The molecule has 0 unspecified atom stereocenters. The van der Waals surface area contributed by atoms with Crippen molar-refractivity contribution < 1.29 is 0 Å². The zero-order valence-corrected chi connectivity index (χ0v) is 5.41. The third-order valence-corrected chi connectivity index (χ3v) is 1.70. The highest BCUT2D eigenvalue weighted by Crippen LogP contribution is 2.33. The predicted molar refractivity (Wildman–Crippen MR) is 34.7 cm³/mol. The van der Waals surface area contributed by atoms with Crippen molar-refractivity contribution >= 4 is 0 Å². The van der Waals surface area contributed by atoms with Crippen LogP contribution in [0.1, 0.15) is 19.8 Å². The summed E-state index contributed by atoms with van der Waals surface area (Å²) in [7, 11) is 0. The Bertz CT molecular complexity index is 76.6. The van der Waals surface area contributed by atoms with Crippen LogP contribution in [0, 0.1) is 0 Å². The van der Waals surface area contributed by atoms with E-state index in [1.165, 1.54) is 12.8 Å². The number of nitrogens with one attached hydrogen (secondary N) is 1. The molecule has 0 heterocycles. The molecule has 0 aromatic rings. The molecule has 0 aromatic carbocycles. The lowest BCUT2D eigenvalue weighted by molar-refractivity contribution is 0.546. The van der Waals surface area contributed by atoms with E-state index in [9.17, 15) is 0 Å². The summed E-state index contributed by atoms with van der Waals surface area (Å²) in [5.41, 5.74) is 5.77. The van der Waals surface area contributed by atoms with E-state index in [2.05, 4.69) is 12.2 Å². The molecule has 1 fully saturated rings. The Hall–Kier alpha value is -0.0800. The molecule has 1 aliphatic rings. The fraction of sp³-hybridized carbons (Fsp3) is 1.00. The van der Waals surface area contributed by atoms with E-state index >= 15 is 0 Å². The van der Waals surface area contributed by atoms with Crippen LogP contribution in [0.5, 0.6) is 0 Å². The Morgan fingerprint density at radius 1 is 1.62 bits per heavy atom. The standard InChI is InChI=1S/C6H14N2/c1-6(2-3-6)8-5-4-7/h8H,2-5,7H2,1H3. The average molecular weight is 114 g/mol. The molecule has 0 aromatic heterocycles. The number of nitrogens with two attached hydrogens (primary N) is 1. The normalized spacial score (nSPS) is 23.2. The molecule has 1 aliphatic carbocycles. The smallest absolute Gasteiger partial charge is 0.0155 e. The highest BCUT2D eigenvalue weighted by Gasteiger charge is 2.35. The predicted octanol–water partition coefficient (Wildman–Crippen LogP) is 0.0872. The van der Waals surface area contributed by atoms with Gasteiger partial charge in [-0.1, -0.05) is 0 Å². The van der Waals surface area contributed by atoms with Gasteiger partial charge in [0.05, 0.1) is 0 Å². The molecule has 0 aliphatic heterocycles. The molecule has 0 bridgehead atoms. The van der Waals surface area contributed by atoms with Gasteiger partial charge < -0.3 is 11.1 Å². The third kappa shape index (κ3) is 1.46. The fourth-order valence-electron chi connectivity index (χ4n) is 0.738. The number of hydrogen-bond acceptors (Lipinski definition) is 2. The summed E-state index contributed by atoms with van der Waals surface area (Å²) in [5, 5.41) is 3.36. The second-order valence-corrected chi connectivity index (χ2v) is 2.78. The summed E-state index contributed by atoms with van der Waals surface area (Å²) in [5.74, 6) is 0. The van der Waals surface area contributed by atoms with Crippen LogP contribution in [0.2, 0.25) is 0 Å². The van der Waals surface area contributed by atoms with Gasteiger partial charge in [0.1, 0.15) is 0 Å². The van der Waals surface area contributed by atoms with E-state index in [0.29, 0.717) is 5.54 Å². The summed E-state index contributed by atoms with van der Waals surface area (Å²) in [6, 6.07) is 0. The zero-order valence-electron chi connectivity index (χ0n) is 5.41. The largest absolute Gasteiger partial charge is 0.329 e. The van der Waals surface area contributed by atoms with Gasteiger partial charge in [-0.25, -0.2) is 0 Å². The van der Waals surface area contributed by atoms with E-state index in [4.69, 9.17) is 5.73 Å². The monoisotopic (exact) mass is 114 g/mol. The molecule has 1 rings (SSSR count). The molecule has 3 N–H and O–H groups in total. The van der Waals surface area contributed by atoms with E-state index in [0.717, 1.165) is 13.1 Å². The van der Waals surface area contributed by atoms with Crippen molar-refractivity contribution in [2.75, 3.05) is 13.1 Å². The summed E-state index contributed by atoms with van der Waals surface area (Å²) < 4.78 is 0. The molecule has 8 heavy (non-hydrogen) atoms. The van der Waals surface area contributed by atoms with Crippen LogP contribution in [0.4, 0.5) is 0 Å². The first kappa shape index (κ1) is 6.05. The van der Waals surface area contributed by atoms with Crippen LogP contribution in [0.3, 0.4) is 0 Å². The van der Waals surface area contributed by atoms with E-state index in [-0.39, 0.29) is 0 Å². The second kappa shape index (κ2) is 2.03. The highest BCUT2D eigenvalue weighted by molar-refractivity contribution is 4.97. The van der Waals surface area contributed by atoms with Gasteiger partial charge in [-0.2, -0.15) is 0 Å². The SMILES string of the molecule is CC1(NCCN)CC1. The van der Waals surface area contributed by atoms with Crippen LogP contribution < -0.4 is 11.1 Å². The maximum Gasteiger partial charge on any atom is 0.0155 e. The molecule has 0 spiro atoms. The van der Waals surface area contributed by atoms with E-state index in [1.807, 2.05) is 0 Å². The molecule has 48 valence electrons. The van der Waals surface area contributed by atoms with Gasteiger partial charge in [0.15, 0.2) is 0 Å². The molecule has 0 amide bonds. The van der Waals surface area contributed by atoms with Crippen LogP contribution in [-0.2, 0) is 0 Å². The molecule has 2 nitrogen and oxygen atoms in total. The lowest BCUT2D eigenvalue weighted by Crippen LogP contribution is -2.32. The van der Waals surface area contributed by atoms with Crippen LogP contribution in [-0.4, -0.2) is 18.6 Å². The highest BCUT2D eigenvalue weighted by atomic mass is 15.0. The zero-order chi connectivity index (χ0) is 6.04.